The van der Waals surface area contributed by atoms with Crippen LogP contribution < -0.4 is 5.32 Å². The van der Waals surface area contributed by atoms with E-state index in [2.05, 4.69) is 51.5 Å². The normalized spacial score (nSPS) is 13.6. The lowest BCUT2D eigenvalue weighted by Gasteiger charge is -2.34. The van der Waals surface area contributed by atoms with E-state index in [4.69, 9.17) is 8.85 Å². The van der Waals surface area contributed by atoms with Crippen molar-refractivity contribution in [3.8, 4) is 0 Å². The minimum absolute atomic E-state index is 0.224. The number of rotatable bonds is 20. The number of carbonyl (C=O) groups is 1. The van der Waals surface area contributed by atoms with Crippen molar-refractivity contribution < 1.29 is 23.5 Å². The number of hydrogen-bond acceptors (Lipinski definition) is 7. The minimum atomic E-state index is -2.01. The van der Waals surface area contributed by atoms with Gasteiger partial charge in [-0.3, -0.25) is 25.0 Å². The fraction of sp³-hybridized carbons (Fsp3) is 0.741. The van der Waals surface area contributed by atoms with Crippen LogP contribution in [0.15, 0.2) is 18.2 Å². The molecule has 0 spiro atoms. The molecular formula is C27H49N3O7Si2. The highest BCUT2D eigenvalue weighted by Crippen LogP contribution is 2.26. The number of nitrogens with one attached hydrogen (secondary N) is 1. The molecule has 0 aromatic heterocycles. The molecule has 0 saturated carbocycles. The SMILES string of the molecule is CCCCCCCCCCCC(O[Si](C)(C)C)C(CO[Si](C)(C)C)NC(=O)c1ccc([N+](=O)[O-])cc1[N+](=O)[O-]. The molecule has 0 aliphatic heterocycles. The first-order chi connectivity index (χ1) is 18.1. The van der Waals surface area contributed by atoms with E-state index in [-0.39, 0.29) is 18.3 Å². The summed E-state index contributed by atoms with van der Waals surface area (Å²) < 4.78 is 12.7. The van der Waals surface area contributed by atoms with Crippen LogP contribution in [-0.4, -0.2) is 51.1 Å². The van der Waals surface area contributed by atoms with Crippen molar-refractivity contribution >= 4 is 33.9 Å². The highest BCUT2D eigenvalue weighted by Gasteiger charge is 2.33. The van der Waals surface area contributed by atoms with E-state index in [1.54, 1.807) is 0 Å². The molecule has 0 aliphatic rings. The number of nitro groups is 2. The molecule has 0 heterocycles. The average Bonchev–Trinajstić information content (AvgIpc) is 2.82. The van der Waals surface area contributed by atoms with Crippen molar-refractivity contribution in [3.63, 3.8) is 0 Å². The third kappa shape index (κ3) is 14.7. The predicted octanol–water partition coefficient (Wildman–Crippen LogP) is 7.59. The van der Waals surface area contributed by atoms with Crippen LogP contribution in [-0.2, 0) is 8.85 Å². The predicted molar refractivity (Wildman–Crippen MR) is 160 cm³/mol. The Kier molecular flexibility index (Phi) is 15.1. The minimum Gasteiger partial charge on any atom is -0.415 e. The zero-order valence-electron chi connectivity index (χ0n) is 24.9. The molecule has 2 unspecified atom stereocenters. The number of hydrogen-bond donors (Lipinski definition) is 1. The Morgan fingerprint density at radius 1 is 0.872 bits per heavy atom. The fourth-order valence-corrected chi connectivity index (χ4v) is 6.13. The van der Waals surface area contributed by atoms with Crippen molar-refractivity contribution in [2.75, 3.05) is 6.61 Å². The zero-order valence-corrected chi connectivity index (χ0v) is 26.9. The zero-order chi connectivity index (χ0) is 29.6. The monoisotopic (exact) mass is 583 g/mol. The molecule has 1 amide bonds. The van der Waals surface area contributed by atoms with E-state index in [0.29, 0.717) is 0 Å². The van der Waals surface area contributed by atoms with E-state index in [9.17, 15) is 25.0 Å². The van der Waals surface area contributed by atoms with Gasteiger partial charge in [0.2, 0.25) is 0 Å². The summed E-state index contributed by atoms with van der Waals surface area (Å²) in [7, 11) is -3.96. The van der Waals surface area contributed by atoms with Gasteiger partial charge in [-0.1, -0.05) is 64.7 Å². The van der Waals surface area contributed by atoms with Crippen molar-refractivity contribution in [2.24, 2.45) is 0 Å². The molecule has 0 bridgehead atoms. The number of carbonyl (C=O) groups excluding carboxylic acids is 1. The molecular weight excluding hydrogens is 534 g/mol. The maximum atomic E-state index is 13.3. The Balaban J connectivity index is 3.05. The van der Waals surface area contributed by atoms with Gasteiger partial charge in [-0.25, -0.2) is 0 Å². The van der Waals surface area contributed by atoms with Crippen LogP contribution in [0.2, 0.25) is 39.3 Å². The highest BCUT2D eigenvalue weighted by atomic mass is 28.4. The molecule has 0 saturated heterocycles. The van der Waals surface area contributed by atoms with E-state index >= 15 is 0 Å². The Morgan fingerprint density at radius 2 is 1.44 bits per heavy atom. The van der Waals surface area contributed by atoms with Crippen LogP contribution in [0.25, 0.3) is 0 Å². The van der Waals surface area contributed by atoms with Gasteiger partial charge in [0.15, 0.2) is 16.6 Å². The first-order valence-electron chi connectivity index (χ1n) is 14.2. The van der Waals surface area contributed by atoms with Crippen LogP contribution >= 0.6 is 0 Å². The number of nitrogens with zero attached hydrogens (tertiary/aromatic N) is 2. The molecule has 0 fully saturated rings. The number of unbranched alkanes of at least 4 members (excludes halogenated alkanes) is 8. The smallest absolute Gasteiger partial charge is 0.289 e. The largest absolute Gasteiger partial charge is 0.415 e. The Labute approximate surface area is 235 Å². The van der Waals surface area contributed by atoms with Crippen molar-refractivity contribution in [2.45, 2.75) is 123 Å². The van der Waals surface area contributed by atoms with Gasteiger partial charge < -0.3 is 14.2 Å². The molecule has 1 rings (SSSR count). The quantitative estimate of drug-likeness (QED) is 0.0723. The summed E-state index contributed by atoms with van der Waals surface area (Å²) in [5, 5.41) is 25.7. The summed E-state index contributed by atoms with van der Waals surface area (Å²) >= 11 is 0. The molecule has 0 aliphatic carbocycles. The molecule has 0 radical (unpaired) electrons. The van der Waals surface area contributed by atoms with Gasteiger partial charge in [0, 0.05) is 6.07 Å². The first-order valence-corrected chi connectivity index (χ1v) is 21.0. The standard InChI is InChI=1S/C27H49N3O7Si2/c1-8-9-10-11-12-13-14-15-16-17-26(37-39(5,6)7)24(21-36-38(2,3)4)28-27(31)23-19-18-22(29(32)33)20-25(23)30(34)35/h18-20,24,26H,8-17,21H2,1-7H3,(H,28,31). The highest BCUT2D eigenvalue weighted by molar-refractivity contribution is 6.70. The average molecular weight is 584 g/mol. The number of amides is 1. The molecule has 12 heteroatoms. The van der Waals surface area contributed by atoms with Gasteiger partial charge in [-0.15, -0.1) is 0 Å². The Bertz CT molecular complexity index is 933. The van der Waals surface area contributed by atoms with Gasteiger partial charge in [0.25, 0.3) is 17.3 Å². The van der Waals surface area contributed by atoms with E-state index in [1.165, 1.54) is 38.5 Å². The second kappa shape index (κ2) is 16.8. The van der Waals surface area contributed by atoms with Crippen molar-refractivity contribution in [3.05, 3.63) is 44.0 Å². The molecule has 10 nitrogen and oxygen atoms in total. The lowest BCUT2D eigenvalue weighted by molar-refractivity contribution is -0.394. The summed E-state index contributed by atoms with van der Waals surface area (Å²) in [6.45, 7) is 14.9. The summed E-state index contributed by atoms with van der Waals surface area (Å²) in [4.78, 5) is 34.6. The summed E-state index contributed by atoms with van der Waals surface area (Å²) in [5.41, 5.74) is -1.27. The van der Waals surface area contributed by atoms with Crippen LogP contribution in [0, 0.1) is 20.2 Å². The maximum absolute atomic E-state index is 13.3. The van der Waals surface area contributed by atoms with Gasteiger partial charge in [-0.2, -0.15) is 0 Å². The molecule has 1 N–H and O–H groups in total. The van der Waals surface area contributed by atoms with Gasteiger partial charge in [0.1, 0.15) is 5.56 Å². The fourth-order valence-electron chi connectivity index (χ4n) is 4.26. The Hall–Kier alpha value is -2.16. The van der Waals surface area contributed by atoms with Crippen LogP contribution in [0.1, 0.15) is 81.5 Å². The molecule has 1 aromatic rings. The summed E-state index contributed by atoms with van der Waals surface area (Å²) in [6, 6.07) is 2.55. The van der Waals surface area contributed by atoms with Gasteiger partial charge in [0.05, 0.1) is 34.7 Å². The maximum Gasteiger partial charge on any atom is 0.289 e. The summed E-state index contributed by atoms with van der Waals surface area (Å²) in [5.74, 6) is -0.669. The Morgan fingerprint density at radius 3 is 1.92 bits per heavy atom. The number of non-ortho nitro benzene ring substituents is 1. The van der Waals surface area contributed by atoms with E-state index < -0.39 is 49.8 Å². The topological polar surface area (TPSA) is 134 Å². The third-order valence-corrected chi connectivity index (χ3v) is 8.23. The summed E-state index contributed by atoms with van der Waals surface area (Å²) in [6.07, 6.45) is 11.2. The van der Waals surface area contributed by atoms with Crippen molar-refractivity contribution in [1.82, 2.24) is 5.32 Å². The van der Waals surface area contributed by atoms with Crippen LogP contribution in [0.5, 0.6) is 0 Å². The van der Waals surface area contributed by atoms with Gasteiger partial charge in [-0.05, 0) is 51.8 Å². The van der Waals surface area contributed by atoms with Crippen molar-refractivity contribution in [1.29, 1.82) is 0 Å². The second-order valence-corrected chi connectivity index (χ2v) is 21.1. The lowest BCUT2D eigenvalue weighted by Crippen LogP contribution is -2.52. The van der Waals surface area contributed by atoms with E-state index in [1.807, 2.05) is 0 Å². The number of nitro benzene ring substituents is 2. The van der Waals surface area contributed by atoms with Crippen LogP contribution in [0.4, 0.5) is 11.4 Å². The molecule has 39 heavy (non-hydrogen) atoms. The molecule has 1 aromatic carbocycles. The number of benzene rings is 1. The molecule has 222 valence electrons. The lowest BCUT2D eigenvalue weighted by atomic mass is 10.0. The first kappa shape index (κ1) is 34.9. The second-order valence-electron chi connectivity index (χ2n) is 12.1. The third-order valence-electron chi connectivity index (χ3n) is 6.19. The molecule has 2 atom stereocenters. The van der Waals surface area contributed by atoms with Gasteiger partial charge >= 0.3 is 0 Å². The van der Waals surface area contributed by atoms with E-state index in [0.717, 1.165) is 43.9 Å². The van der Waals surface area contributed by atoms with Crippen LogP contribution in [0.3, 0.4) is 0 Å².